The number of ether oxygens (including phenoxy) is 4. The number of nitrogens with one attached hydrogen (secondary N) is 1. The number of hydrogen-bond donors (Lipinski definition) is 1. The maximum Gasteiger partial charge on any atom is 0.161 e. The molecule has 3 aliphatic heterocycles. The predicted octanol–water partition coefficient (Wildman–Crippen LogP) is 4.94. The van der Waals surface area contributed by atoms with Crippen molar-refractivity contribution in [3.63, 3.8) is 0 Å². The van der Waals surface area contributed by atoms with Gasteiger partial charge in [0.2, 0.25) is 0 Å². The Balaban J connectivity index is 1.43. The van der Waals surface area contributed by atoms with Crippen LogP contribution in [0.1, 0.15) is 60.5 Å². The number of benzene rings is 2. The molecule has 35 heavy (non-hydrogen) atoms. The topological polar surface area (TPSA) is 52.2 Å². The molecule has 0 amide bonds. The van der Waals surface area contributed by atoms with Gasteiger partial charge in [0.1, 0.15) is 0 Å². The van der Waals surface area contributed by atoms with Crippen LogP contribution in [-0.2, 0) is 12.8 Å². The Morgan fingerprint density at radius 2 is 1.40 bits per heavy atom. The number of nitrogens with zero attached hydrogens (tertiary/aromatic N) is 1. The largest absolute Gasteiger partial charge is 0.493 e. The fourth-order valence-corrected chi connectivity index (χ4v) is 6.74. The maximum absolute atomic E-state index is 5.68. The third-order valence-corrected chi connectivity index (χ3v) is 8.64. The molecule has 3 aliphatic rings. The van der Waals surface area contributed by atoms with Crippen LogP contribution >= 0.6 is 0 Å². The molecule has 4 atom stereocenters. The van der Waals surface area contributed by atoms with Crippen LogP contribution in [-0.4, -0.2) is 53.0 Å². The van der Waals surface area contributed by atoms with E-state index in [0.29, 0.717) is 23.9 Å². The Kier molecular flexibility index (Phi) is 7.12. The van der Waals surface area contributed by atoms with Crippen LogP contribution < -0.4 is 24.3 Å². The molecule has 1 saturated heterocycles. The highest BCUT2D eigenvalue weighted by Crippen LogP contribution is 2.48. The Labute approximate surface area is 209 Å². The quantitative estimate of drug-likeness (QED) is 0.606. The first-order chi connectivity index (χ1) is 17.1. The van der Waals surface area contributed by atoms with Crippen molar-refractivity contribution in [2.45, 2.75) is 51.1 Å². The second-order valence-electron chi connectivity index (χ2n) is 10.2. The highest BCUT2D eigenvalue weighted by molar-refractivity contribution is 5.50. The lowest BCUT2D eigenvalue weighted by Gasteiger charge is -2.48. The zero-order valence-corrected chi connectivity index (χ0v) is 21.9. The second kappa shape index (κ2) is 10.3. The number of piperidine rings is 1. The minimum Gasteiger partial charge on any atom is -0.493 e. The van der Waals surface area contributed by atoms with Crippen molar-refractivity contribution in [3.8, 4) is 23.0 Å². The van der Waals surface area contributed by atoms with E-state index in [-0.39, 0.29) is 0 Å². The molecule has 3 heterocycles. The van der Waals surface area contributed by atoms with Crippen molar-refractivity contribution in [2.75, 3.05) is 48.1 Å². The molecule has 0 unspecified atom stereocenters. The fraction of sp³-hybridized carbons (Fsp3) is 0.586. The number of fused-ring (bicyclic) bond motifs is 4. The molecule has 2 aromatic rings. The van der Waals surface area contributed by atoms with E-state index in [4.69, 9.17) is 18.9 Å². The van der Waals surface area contributed by atoms with Gasteiger partial charge in [-0.05, 0) is 90.6 Å². The second-order valence-corrected chi connectivity index (χ2v) is 10.2. The van der Waals surface area contributed by atoms with Crippen LogP contribution in [0.4, 0.5) is 0 Å². The number of rotatable bonds is 7. The molecule has 0 radical (unpaired) electrons. The van der Waals surface area contributed by atoms with Crippen LogP contribution in [0.3, 0.4) is 0 Å². The van der Waals surface area contributed by atoms with E-state index in [1.165, 1.54) is 41.6 Å². The molecule has 5 rings (SSSR count). The van der Waals surface area contributed by atoms with Crippen molar-refractivity contribution in [2.24, 2.45) is 11.8 Å². The summed E-state index contributed by atoms with van der Waals surface area (Å²) in [5.41, 5.74) is 5.60. The lowest BCUT2D eigenvalue weighted by Crippen LogP contribution is -2.46. The van der Waals surface area contributed by atoms with Gasteiger partial charge in [-0.1, -0.05) is 13.3 Å². The minimum absolute atomic E-state index is 0.345. The molecular formula is C29H40N2O4. The van der Waals surface area contributed by atoms with Crippen molar-refractivity contribution in [1.29, 1.82) is 0 Å². The molecule has 6 nitrogen and oxygen atoms in total. The van der Waals surface area contributed by atoms with Crippen LogP contribution in [0.15, 0.2) is 24.3 Å². The Bertz CT molecular complexity index is 1050. The zero-order chi connectivity index (χ0) is 24.5. The third-order valence-electron chi connectivity index (χ3n) is 8.64. The zero-order valence-electron chi connectivity index (χ0n) is 21.9. The number of methoxy groups -OCH3 is 4. The molecule has 2 aromatic carbocycles. The number of hydrogen-bond acceptors (Lipinski definition) is 6. The van der Waals surface area contributed by atoms with Crippen LogP contribution in [0, 0.1) is 11.8 Å². The maximum atomic E-state index is 5.68. The lowest BCUT2D eigenvalue weighted by atomic mass is 9.72. The summed E-state index contributed by atoms with van der Waals surface area (Å²) in [6.07, 6.45) is 5.65. The monoisotopic (exact) mass is 480 g/mol. The van der Waals surface area contributed by atoms with Crippen LogP contribution in [0.25, 0.3) is 0 Å². The molecule has 0 aromatic heterocycles. The molecule has 1 N–H and O–H groups in total. The van der Waals surface area contributed by atoms with Gasteiger partial charge in [0.05, 0.1) is 28.4 Å². The van der Waals surface area contributed by atoms with Gasteiger partial charge in [-0.25, -0.2) is 0 Å². The summed E-state index contributed by atoms with van der Waals surface area (Å²) in [7, 11) is 6.90. The fourth-order valence-electron chi connectivity index (χ4n) is 6.74. The van der Waals surface area contributed by atoms with E-state index in [9.17, 15) is 0 Å². The average molecular weight is 481 g/mol. The normalized spacial score (nSPS) is 25.7. The summed E-state index contributed by atoms with van der Waals surface area (Å²) >= 11 is 0. The Hall–Kier alpha value is -2.44. The van der Waals surface area contributed by atoms with Crippen LogP contribution in [0.2, 0.25) is 0 Å². The highest BCUT2D eigenvalue weighted by Gasteiger charge is 2.40. The van der Waals surface area contributed by atoms with Gasteiger partial charge in [0, 0.05) is 25.2 Å². The van der Waals surface area contributed by atoms with E-state index >= 15 is 0 Å². The smallest absolute Gasteiger partial charge is 0.161 e. The predicted molar refractivity (Wildman–Crippen MR) is 138 cm³/mol. The minimum atomic E-state index is 0.345. The highest BCUT2D eigenvalue weighted by atomic mass is 16.5. The van der Waals surface area contributed by atoms with Gasteiger partial charge >= 0.3 is 0 Å². The molecule has 1 fully saturated rings. The van der Waals surface area contributed by atoms with Crippen LogP contribution in [0.5, 0.6) is 23.0 Å². The molecule has 0 bridgehead atoms. The summed E-state index contributed by atoms with van der Waals surface area (Å²) in [5.74, 6) is 4.69. The molecule has 0 spiro atoms. The van der Waals surface area contributed by atoms with E-state index in [0.717, 1.165) is 55.4 Å². The van der Waals surface area contributed by atoms with E-state index in [1.54, 1.807) is 28.4 Å². The first-order valence-electron chi connectivity index (χ1n) is 13.1. The average Bonchev–Trinajstić information content (AvgIpc) is 2.91. The van der Waals surface area contributed by atoms with Crippen molar-refractivity contribution >= 4 is 0 Å². The standard InChI is InChI=1S/C29H40N2O4/c1-6-18-17-31-10-8-20-14-27(33-3)29(35-5)16-23(20)25(31)12-21(18)11-24-22-15-28(34-4)26(32-2)13-19(22)7-9-30-24/h13-16,18,21,24-25,30H,6-12,17H2,1-5H3/t18-,21-,24+,25-/m1/s1. The first kappa shape index (κ1) is 24.3. The van der Waals surface area contributed by atoms with E-state index in [2.05, 4.69) is 41.4 Å². The molecular weight excluding hydrogens is 440 g/mol. The summed E-state index contributed by atoms with van der Waals surface area (Å²) in [6, 6.07) is 9.61. The summed E-state index contributed by atoms with van der Waals surface area (Å²) in [4.78, 5) is 2.72. The summed E-state index contributed by atoms with van der Waals surface area (Å²) < 4.78 is 22.5. The SMILES string of the molecule is CC[C@@H]1CN2CCc3cc(OC)c(OC)cc3[C@H]2C[C@H]1C[C@@H]1NCCc2cc(OC)c(OC)cc21. The molecule has 0 saturated carbocycles. The lowest BCUT2D eigenvalue weighted by molar-refractivity contribution is 0.0434. The Morgan fingerprint density at radius 1 is 0.800 bits per heavy atom. The van der Waals surface area contributed by atoms with E-state index in [1.807, 2.05) is 0 Å². The van der Waals surface area contributed by atoms with Gasteiger partial charge in [0.25, 0.3) is 0 Å². The first-order valence-corrected chi connectivity index (χ1v) is 13.1. The molecule has 190 valence electrons. The van der Waals surface area contributed by atoms with E-state index < -0.39 is 0 Å². The van der Waals surface area contributed by atoms with Gasteiger partial charge in [-0.2, -0.15) is 0 Å². The van der Waals surface area contributed by atoms with Gasteiger partial charge < -0.3 is 24.3 Å². The molecule has 0 aliphatic carbocycles. The van der Waals surface area contributed by atoms with Gasteiger partial charge in [0.15, 0.2) is 23.0 Å². The van der Waals surface area contributed by atoms with Crippen molar-refractivity contribution in [1.82, 2.24) is 10.2 Å². The third kappa shape index (κ3) is 4.47. The van der Waals surface area contributed by atoms with Crippen molar-refractivity contribution < 1.29 is 18.9 Å². The van der Waals surface area contributed by atoms with Crippen molar-refractivity contribution in [3.05, 3.63) is 46.5 Å². The summed E-state index contributed by atoms with van der Waals surface area (Å²) in [6.45, 7) is 5.66. The van der Waals surface area contributed by atoms with Gasteiger partial charge in [-0.15, -0.1) is 0 Å². The van der Waals surface area contributed by atoms with Gasteiger partial charge in [-0.3, -0.25) is 4.90 Å². The Morgan fingerprint density at radius 3 is 2.03 bits per heavy atom. The molecule has 6 heteroatoms. The summed E-state index contributed by atoms with van der Waals surface area (Å²) in [5, 5.41) is 3.83.